The SMILES string of the molecule is CC(C)(c1ccc(C2=CC(c3cccc4ccccc34)=CCC2)cc1)c1ccc(-c2nc(-c3ccccc3)nc(-c3ccc(-c4ccccc4)cc3)n2)cc1. The van der Waals surface area contributed by atoms with Gasteiger partial charge in [-0.1, -0.05) is 202 Å². The summed E-state index contributed by atoms with van der Waals surface area (Å²) in [7, 11) is 0. The number of aromatic nitrogens is 3. The molecule has 9 rings (SSSR count). The molecule has 8 aromatic rings. The first-order chi connectivity index (χ1) is 27.0. The highest BCUT2D eigenvalue weighted by Gasteiger charge is 2.24. The van der Waals surface area contributed by atoms with Crippen molar-refractivity contribution in [3.05, 3.63) is 210 Å². The third-order valence-electron chi connectivity index (χ3n) is 11.0. The Morgan fingerprint density at radius 2 is 0.873 bits per heavy atom. The molecular weight excluding hydrogens is 667 g/mol. The van der Waals surface area contributed by atoms with Crippen molar-refractivity contribution in [3.63, 3.8) is 0 Å². The van der Waals surface area contributed by atoms with E-state index in [2.05, 4.69) is 166 Å². The molecular formula is C52H41N3. The fraction of sp³-hybridized carbons (Fsp3) is 0.0962. The number of nitrogens with zero attached hydrogens (tertiary/aromatic N) is 3. The molecule has 1 aliphatic carbocycles. The Morgan fingerprint density at radius 3 is 1.49 bits per heavy atom. The molecule has 0 saturated heterocycles. The predicted octanol–water partition coefficient (Wildman–Crippen LogP) is 13.3. The van der Waals surface area contributed by atoms with Crippen LogP contribution in [0.4, 0.5) is 0 Å². The molecule has 0 radical (unpaired) electrons. The van der Waals surface area contributed by atoms with Crippen LogP contribution in [0.25, 0.3) is 67.2 Å². The molecule has 0 amide bonds. The predicted molar refractivity (Wildman–Crippen MR) is 229 cm³/mol. The first-order valence-electron chi connectivity index (χ1n) is 19.1. The lowest BCUT2D eigenvalue weighted by Gasteiger charge is -2.27. The largest absolute Gasteiger partial charge is 0.208 e. The van der Waals surface area contributed by atoms with Gasteiger partial charge in [0.25, 0.3) is 0 Å². The van der Waals surface area contributed by atoms with E-state index >= 15 is 0 Å². The summed E-state index contributed by atoms with van der Waals surface area (Å²) >= 11 is 0. The van der Waals surface area contributed by atoms with Crippen molar-refractivity contribution >= 4 is 21.9 Å². The van der Waals surface area contributed by atoms with Crippen LogP contribution in [0, 0.1) is 0 Å². The van der Waals surface area contributed by atoms with Gasteiger partial charge in [0.15, 0.2) is 17.5 Å². The highest BCUT2D eigenvalue weighted by atomic mass is 15.0. The molecule has 0 aliphatic heterocycles. The van der Waals surface area contributed by atoms with Gasteiger partial charge in [-0.05, 0) is 68.1 Å². The molecule has 3 nitrogen and oxygen atoms in total. The summed E-state index contributed by atoms with van der Waals surface area (Å²) in [6.07, 6.45) is 6.86. The third-order valence-corrected chi connectivity index (χ3v) is 11.0. The van der Waals surface area contributed by atoms with Gasteiger partial charge in [0.05, 0.1) is 0 Å². The maximum atomic E-state index is 5.01. The van der Waals surface area contributed by atoms with Crippen molar-refractivity contribution in [1.82, 2.24) is 15.0 Å². The smallest absolute Gasteiger partial charge is 0.164 e. The van der Waals surface area contributed by atoms with Gasteiger partial charge in [-0.2, -0.15) is 0 Å². The molecule has 7 aromatic carbocycles. The molecule has 0 fully saturated rings. The standard InChI is InChI=1S/C52H41N3/c1-52(2,45-31-27-38(28-32-45)43-19-11-20-44(35-43)48-22-12-18-39-15-9-10-21-47(39)48)46-33-29-42(30-34-46)51-54-49(40-16-7-4-8-17-40)53-50(55-51)41-25-23-37(24-26-41)36-13-5-3-6-14-36/h3-10,12-18,20-35H,11,19H2,1-2H3. The van der Waals surface area contributed by atoms with E-state index in [0.29, 0.717) is 17.5 Å². The molecule has 0 saturated carbocycles. The molecule has 0 spiro atoms. The second-order valence-corrected chi connectivity index (χ2v) is 14.8. The molecule has 0 unspecified atom stereocenters. The summed E-state index contributed by atoms with van der Waals surface area (Å²) in [5.41, 5.74) is 12.8. The van der Waals surface area contributed by atoms with Gasteiger partial charge in [0, 0.05) is 22.1 Å². The van der Waals surface area contributed by atoms with Crippen LogP contribution in [0.2, 0.25) is 0 Å². The van der Waals surface area contributed by atoms with Gasteiger partial charge in [-0.3, -0.25) is 0 Å². The highest BCUT2D eigenvalue weighted by molar-refractivity contribution is 5.98. The number of rotatable bonds is 8. The van der Waals surface area contributed by atoms with Gasteiger partial charge in [-0.25, -0.2) is 15.0 Å². The minimum atomic E-state index is -0.202. The van der Waals surface area contributed by atoms with Gasteiger partial charge in [0.2, 0.25) is 0 Å². The Hall–Kier alpha value is -6.71. The average molecular weight is 708 g/mol. The van der Waals surface area contributed by atoms with Crippen molar-refractivity contribution in [2.24, 2.45) is 0 Å². The zero-order valence-corrected chi connectivity index (χ0v) is 31.2. The van der Waals surface area contributed by atoms with Crippen LogP contribution >= 0.6 is 0 Å². The Bertz CT molecular complexity index is 2670. The molecule has 1 heterocycles. The highest BCUT2D eigenvalue weighted by Crippen LogP contribution is 2.37. The summed E-state index contributed by atoms with van der Waals surface area (Å²) in [5.74, 6) is 1.97. The van der Waals surface area contributed by atoms with Crippen molar-refractivity contribution < 1.29 is 0 Å². The van der Waals surface area contributed by atoms with E-state index in [-0.39, 0.29) is 5.41 Å². The van der Waals surface area contributed by atoms with E-state index in [1.54, 1.807) is 0 Å². The van der Waals surface area contributed by atoms with Crippen molar-refractivity contribution in [1.29, 1.82) is 0 Å². The number of hydrogen-bond acceptors (Lipinski definition) is 3. The summed E-state index contributed by atoms with van der Waals surface area (Å²) in [5, 5.41) is 2.58. The Balaban J connectivity index is 0.985. The van der Waals surface area contributed by atoms with E-state index in [0.717, 1.165) is 35.1 Å². The van der Waals surface area contributed by atoms with Crippen LogP contribution in [0.1, 0.15) is 48.9 Å². The Labute approximate surface area is 323 Å². The van der Waals surface area contributed by atoms with Gasteiger partial charge >= 0.3 is 0 Å². The second kappa shape index (κ2) is 14.6. The molecule has 1 aliphatic rings. The van der Waals surface area contributed by atoms with Crippen LogP contribution in [0.3, 0.4) is 0 Å². The maximum absolute atomic E-state index is 5.01. The lowest BCUT2D eigenvalue weighted by molar-refractivity contribution is 0.641. The first kappa shape index (κ1) is 34.1. The Kier molecular flexibility index (Phi) is 9.05. The van der Waals surface area contributed by atoms with E-state index in [4.69, 9.17) is 15.0 Å². The summed E-state index contributed by atoms with van der Waals surface area (Å²) in [4.78, 5) is 14.9. The van der Waals surface area contributed by atoms with Crippen LogP contribution in [-0.4, -0.2) is 15.0 Å². The normalized spacial score (nSPS) is 13.0. The zero-order chi connectivity index (χ0) is 37.2. The van der Waals surface area contributed by atoms with Gasteiger partial charge < -0.3 is 0 Å². The molecule has 0 bridgehead atoms. The second-order valence-electron chi connectivity index (χ2n) is 14.8. The first-order valence-corrected chi connectivity index (χ1v) is 19.1. The number of hydrogen-bond donors (Lipinski definition) is 0. The summed E-state index contributed by atoms with van der Waals surface area (Å²) in [6, 6.07) is 62.2. The van der Waals surface area contributed by atoms with Crippen molar-refractivity contribution in [2.45, 2.75) is 32.1 Å². The summed E-state index contributed by atoms with van der Waals surface area (Å²) in [6.45, 7) is 4.60. The summed E-state index contributed by atoms with van der Waals surface area (Å²) < 4.78 is 0. The van der Waals surface area contributed by atoms with Crippen LogP contribution in [-0.2, 0) is 5.41 Å². The lowest BCUT2D eigenvalue weighted by atomic mass is 9.77. The fourth-order valence-electron chi connectivity index (χ4n) is 7.69. The number of allylic oxidation sites excluding steroid dienone is 4. The molecule has 0 atom stereocenters. The number of fused-ring (bicyclic) bond motifs is 1. The quantitative estimate of drug-likeness (QED) is 0.158. The maximum Gasteiger partial charge on any atom is 0.164 e. The van der Waals surface area contributed by atoms with E-state index < -0.39 is 0 Å². The monoisotopic (exact) mass is 707 g/mol. The molecule has 1 aromatic heterocycles. The molecule has 55 heavy (non-hydrogen) atoms. The minimum Gasteiger partial charge on any atom is -0.208 e. The van der Waals surface area contributed by atoms with E-state index in [9.17, 15) is 0 Å². The fourth-order valence-corrected chi connectivity index (χ4v) is 7.69. The van der Waals surface area contributed by atoms with Crippen molar-refractivity contribution in [3.8, 4) is 45.3 Å². The van der Waals surface area contributed by atoms with E-state index in [1.165, 1.54) is 49.7 Å². The zero-order valence-electron chi connectivity index (χ0n) is 31.2. The number of benzene rings is 7. The lowest BCUT2D eigenvalue weighted by Crippen LogP contribution is -2.18. The Morgan fingerprint density at radius 1 is 0.418 bits per heavy atom. The average Bonchev–Trinajstić information content (AvgIpc) is 3.27. The van der Waals surface area contributed by atoms with Crippen LogP contribution in [0.15, 0.2) is 188 Å². The van der Waals surface area contributed by atoms with Gasteiger partial charge in [-0.15, -0.1) is 0 Å². The molecule has 264 valence electrons. The van der Waals surface area contributed by atoms with Gasteiger partial charge in [0.1, 0.15) is 0 Å². The molecule has 0 N–H and O–H groups in total. The van der Waals surface area contributed by atoms with E-state index in [1.807, 2.05) is 36.4 Å². The minimum absolute atomic E-state index is 0.202. The topological polar surface area (TPSA) is 38.7 Å². The molecule has 3 heteroatoms. The van der Waals surface area contributed by atoms with Crippen molar-refractivity contribution in [2.75, 3.05) is 0 Å². The third kappa shape index (κ3) is 6.93. The van der Waals surface area contributed by atoms with Crippen LogP contribution in [0.5, 0.6) is 0 Å². The van der Waals surface area contributed by atoms with Crippen LogP contribution < -0.4 is 0 Å².